The molecule has 1 aliphatic rings. The summed E-state index contributed by atoms with van der Waals surface area (Å²) in [4.78, 5) is 23.4. The fourth-order valence-electron chi connectivity index (χ4n) is 4.16. The van der Waals surface area contributed by atoms with Gasteiger partial charge in [-0.1, -0.05) is 48.5 Å². The molecule has 2 unspecified atom stereocenters. The number of carboxylic acid groups (broad SMARTS) is 1. The van der Waals surface area contributed by atoms with E-state index in [9.17, 15) is 30.0 Å². The number of aliphatic hydroxyl groups is 2. The third-order valence-corrected chi connectivity index (χ3v) is 5.86. The van der Waals surface area contributed by atoms with Gasteiger partial charge in [0.25, 0.3) is 0 Å². The number of ether oxygens (including phenoxy) is 1. The Kier molecular flexibility index (Phi) is 6.40. The minimum absolute atomic E-state index is 0.0687. The van der Waals surface area contributed by atoms with Crippen LogP contribution in [0.2, 0.25) is 0 Å². The molecule has 3 aromatic carbocycles. The van der Waals surface area contributed by atoms with E-state index < -0.39 is 47.9 Å². The second-order valence-electron chi connectivity index (χ2n) is 7.95. The van der Waals surface area contributed by atoms with Crippen LogP contribution in [0.4, 0.5) is 4.79 Å². The van der Waals surface area contributed by atoms with Crippen molar-refractivity contribution >= 4 is 12.1 Å². The van der Waals surface area contributed by atoms with E-state index in [4.69, 9.17) is 9.84 Å². The van der Waals surface area contributed by atoms with E-state index in [1.807, 2.05) is 48.5 Å². The molecule has 0 bridgehead atoms. The zero-order valence-corrected chi connectivity index (χ0v) is 17.9. The van der Waals surface area contributed by atoms with Crippen LogP contribution in [0, 0.1) is 0 Å². The molecule has 0 spiro atoms. The monoisotopic (exact) mass is 465 g/mol. The zero-order chi connectivity index (χ0) is 24.4. The highest BCUT2D eigenvalue weighted by Gasteiger charge is 2.29. The summed E-state index contributed by atoms with van der Waals surface area (Å²) in [6, 6.07) is 17.3. The molecule has 9 nitrogen and oxygen atoms in total. The van der Waals surface area contributed by atoms with E-state index in [0.29, 0.717) is 0 Å². The molecule has 0 aliphatic heterocycles. The third-order valence-electron chi connectivity index (χ3n) is 5.86. The van der Waals surface area contributed by atoms with Crippen LogP contribution in [-0.2, 0) is 4.74 Å². The van der Waals surface area contributed by atoms with Gasteiger partial charge in [-0.2, -0.15) is 0 Å². The topological polar surface area (TPSA) is 157 Å². The number of hydrogen-bond donors (Lipinski definition) is 6. The summed E-state index contributed by atoms with van der Waals surface area (Å²) in [5.41, 5.74) is 3.40. The summed E-state index contributed by atoms with van der Waals surface area (Å²) in [6.07, 6.45) is -4.13. The maximum Gasteiger partial charge on any atom is 0.407 e. The number of nitrogens with one attached hydrogen (secondary N) is 1. The van der Waals surface area contributed by atoms with Crippen molar-refractivity contribution in [1.29, 1.82) is 0 Å². The van der Waals surface area contributed by atoms with Crippen LogP contribution in [0.5, 0.6) is 11.5 Å². The Morgan fingerprint density at radius 2 is 1.50 bits per heavy atom. The lowest BCUT2D eigenvalue weighted by molar-refractivity contribution is 0.0172. The van der Waals surface area contributed by atoms with E-state index in [2.05, 4.69) is 5.32 Å². The number of aliphatic hydroxyl groups excluding tert-OH is 2. The molecule has 1 amide bonds. The third kappa shape index (κ3) is 4.39. The van der Waals surface area contributed by atoms with Gasteiger partial charge >= 0.3 is 12.1 Å². The highest BCUT2D eigenvalue weighted by atomic mass is 16.5. The normalized spacial score (nSPS) is 14.1. The molecule has 0 fully saturated rings. The van der Waals surface area contributed by atoms with E-state index in [1.54, 1.807) is 0 Å². The van der Waals surface area contributed by atoms with Crippen molar-refractivity contribution in [3.63, 3.8) is 0 Å². The first-order valence-corrected chi connectivity index (χ1v) is 10.5. The predicted molar refractivity (Wildman–Crippen MR) is 121 cm³/mol. The van der Waals surface area contributed by atoms with Gasteiger partial charge in [0, 0.05) is 24.1 Å². The molecule has 3 aromatic rings. The molecule has 2 atom stereocenters. The second-order valence-corrected chi connectivity index (χ2v) is 7.95. The average Bonchev–Trinajstić information content (AvgIpc) is 3.14. The van der Waals surface area contributed by atoms with Crippen molar-refractivity contribution in [2.24, 2.45) is 0 Å². The minimum Gasteiger partial charge on any atom is -0.507 e. The SMILES string of the molecule is O=C(NCC(O)C(O)c1cc(C(=O)O)c(O)cc1O)OCC1c2ccccc2-c2ccccc21. The number of aromatic carboxylic acids is 1. The largest absolute Gasteiger partial charge is 0.507 e. The molecular formula is C25H23NO8. The van der Waals surface area contributed by atoms with Crippen LogP contribution < -0.4 is 5.32 Å². The van der Waals surface area contributed by atoms with E-state index in [-0.39, 0.29) is 18.1 Å². The van der Waals surface area contributed by atoms with E-state index >= 15 is 0 Å². The predicted octanol–water partition coefficient (Wildman–Crippen LogP) is 2.73. The number of amides is 1. The summed E-state index contributed by atoms with van der Waals surface area (Å²) < 4.78 is 5.36. The number of phenolic OH excluding ortho intramolecular Hbond substituents is 1. The average molecular weight is 465 g/mol. The highest BCUT2D eigenvalue weighted by molar-refractivity contribution is 5.91. The van der Waals surface area contributed by atoms with Crippen LogP contribution >= 0.6 is 0 Å². The quantitative estimate of drug-likeness (QED) is 0.311. The molecule has 0 heterocycles. The van der Waals surface area contributed by atoms with Crippen molar-refractivity contribution < 1.29 is 39.9 Å². The molecule has 4 rings (SSSR count). The number of hydrogen-bond acceptors (Lipinski definition) is 7. The first kappa shape index (κ1) is 23.1. The molecule has 1 aliphatic carbocycles. The van der Waals surface area contributed by atoms with Crippen molar-refractivity contribution in [1.82, 2.24) is 5.32 Å². The standard InChI is InChI=1S/C25H23NO8/c27-20-10-21(28)18(24(31)32)9-17(20)23(30)22(29)11-26-25(33)34-12-19-15-7-3-1-5-13(15)14-6-2-4-8-16(14)19/h1-10,19,22-23,27-30H,11-12H2,(H,26,33)(H,31,32). The summed E-state index contributed by atoms with van der Waals surface area (Å²) in [7, 11) is 0. The lowest BCUT2D eigenvalue weighted by Gasteiger charge is -2.20. The number of fused-ring (bicyclic) bond motifs is 3. The Morgan fingerprint density at radius 3 is 2.09 bits per heavy atom. The summed E-state index contributed by atoms with van der Waals surface area (Å²) >= 11 is 0. The van der Waals surface area contributed by atoms with Crippen molar-refractivity contribution in [3.05, 3.63) is 82.9 Å². The highest BCUT2D eigenvalue weighted by Crippen LogP contribution is 2.44. The molecule has 6 N–H and O–H groups in total. The maximum absolute atomic E-state index is 12.3. The summed E-state index contributed by atoms with van der Waals surface area (Å²) in [5, 5.41) is 51.5. The van der Waals surface area contributed by atoms with Gasteiger partial charge in [-0.15, -0.1) is 0 Å². The minimum atomic E-state index is -1.73. The van der Waals surface area contributed by atoms with Crippen molar-refractivity contribution in [3.8, 4) is 22.6 Å². The number of alkyl carbamates (subject to hydrolysis) is 1. The molecule has 9 heteroatoms. The smallest absolute Gasteiger partial charge is 0.407 e. The number of rotatable bonds is 7. The van der Waals surface area contributed by atoms with Gasteiger partial charge in [-0.3, -0.25) is 0 Å². The van der Waals surface area contributed by atoms with Gasteiger partial charge in [0.15, 0.2) is 0 Å². The molecule has 0 radical (unpaired) electrons. The van der Waals surface area contributed by atoms with Gasteiger partial charge in [-0.25, -0.2) is 9.59 Å². The lowest BCUT2D eigenvalue weighted by atomic mass is 9.98. The van der Waals surface area contributed by atoms with Gasteiger partial charge in [0.05, 0.1) is 0 Å². The molecule has 176 valence electrons. The molecule has 0 aromatic heterocycles. The lowest BCUT2D eigenvalue weighted by Crippen LogP contribution is -2.36. The first-order valence-electron chi connectivity index (χ1n) is 10.5. The second kappa shape index (κ2) is 9.42. The number of carboxylic acids is 1. The Morgan fingerprint density at radius 1 is 0.912 bits per heavy atom. The van der Waals surface area contributed by atoms with Crippen molar-refractivity contribution in [2.75, 3.05) is 13.2 Å². The number of carbonyl (C=O) groups excluding carboxylic acids is 1. The van der Waals surface area contributed by atoms with Crippen LogP contribution in [0.3, 0.4) is 0 Å². The fourth-order valence-corrected chi connectivity index (χ4v) is 4.16. The van der Waals surface area contributed by atoms with Gasteiger partial charge < -0.3 is 35.6 Å². The molecule has 0 saturated heterocycles. The van der Waals surface area contributed by atoms with E-state index in [0.717, 1.165) is 34.4 Å². The maximum atomic E-state index is 12.3. The Balaban J connectivity index is 1.37. The van der Waals surface area contributed by atoms with Crippen molar-refractivity contribution in [2.45, 2.75) is 18.1 Å². The Hall–Kier alpha value is -4.08. The summed E-state index contributed by atoms with van der Waals surface area (Å²) in [5.74, 6) is -2.91. The summed E-state index contributed by atoms with van der Waals surface area (Å²) in [6.45, 7) is -0.361. The van der Waals surface area contributed by atoms with Crippen LogP contribution in [-0.4, -0.2) is 56.9 Å². The Labute approximate surface area is 194 Å². The first-order chi connectivity index (χ1) is 16.3. The molecule has 34 heavy (non-hydrogen) atoms. The van der Waals surface area contributed by atoms with Crippen LogP contribution in [0.15, 0.2) is 60.7 Å². The molecule has 0 saturated carbocycles. The molecular weight excluding hydrogens is 442 g/mol. The van der Waals surface area contributed by atoms with Gasteiger partial charge in [0.1, 0.15) is 35.9 Å². The number of aromatic hydroxyl groups is 2. The Bertz CT molecular complexity index is 1200. The van der Waals surface area contributed by atoms with Gasteiger partial charge in [0.2, 0.25) is 0 Å². The van der Waals surface area contributed by atoms with Crippen LogP contribution in [0.25, 0.3) is 11.1 Å². The number of carbonyl (C=O) groups is 2. The van der Waals surface area contributed by atoms with E-state index in [1.165, 1.54) is 0 Å². The number of benzene rings is 3. The van der Waals surface area contributed by atoms with Crippen LogP contribution in [0.1, 0.15) is 39.1 Å². The zero-order valence-electron chi connectivity index (χ0n) is 17.9. The number of phenols is 2. The van der Waals surface area contributed by atoms with Gasteiger partial charge in [-0.05, 0) is 28.3 Å². The fraction of sp³-hybridized carbons (Fsp3) is 0.200.